The van der Waals surface area contributed by atoms with E-state index in [0.717, 1.165) is 12.1 Å². The molecule has 0 bridgehead atoms. The van der Waals surface area contributed by atoms with Gasteiger partial charge < -0.3 is 16.2 Å². The van der Waals surface area contributed by atoms with E-state index in [0.29, 0.717) is 0 Å². The number of rotatable bonds is 5. The number of carbonyl (C=O) groups excluding carboxylic acids is 1. The van der Waals surface area contributed by atoms with Gasteiger partial charge in [-0.05, 0) is 18.2 Å². The molecule has 0 fully saturated rings. The van der Waals surface area contributed by atoms with Gasteiger partial charge in [0.1, 0.15) is 17.3 Å². The normalized spacial score (nSPS) is 11.2. The monoisotopic (exact) mass is 277 g/mol. The lowest BCUT2D eigenvalue weighted by Crippen LogP contribution is -2.29. The molecule has 0 unspecified atom stereocenters. The van der Waals surface area contributed by atoms with Crippen molar-refractivity contribution in [2.24, 2.45) is 5.73 Å². The summed E-state index contributed by atoms with van der Waals surface area (Å²) in [5, 5.41) is 0. The summed E-state index contributed by atoms with van der Waals surface area (Å²) in [6.07, 6.45) is -1.02. The van der Waals surface area contributed by atoms with E-state index in [4.69, 9.17) is 5.73 Å². The van der Waals surface area contributed by atoms with Gasteiger partial charge in [-0.15, -0.1) is 0 Å². The Morgan fingerprint density at radius 3 is 2.72 bits per heavy atom. The van der Waals surface area contributed by atoms with Crippen LogP contribution in [0.1, 0.15) is 0 Å². The fraction of sp³-hybridized carbons (Fsp3) is 0.222. The summed E-state index contributed by atoms with van der Waals surface area (Å²) in [6.45, 7) is -0.474. The van der Waals surface area contributed by atoms with Crippen LogP contribution in [-0.2, 0) is 14.8 Å². The molecule has 0 spiro atoms. The van der Waals surface area contributed by atoms with E-state index >= 15 is 0 Å². The molecular formula is C9H12FN3O4S. The minimum Gasteiger partial charge on any atom is -0.448 e. The zero-order valence-electron chi connectivity index (χ0n) is 9.22. The molecule has 0 saturated heterocycles. The third-order valence-electron chi connectivity index (χ3n) is 1.88. The van der Waals surface area contributed by atoms with E-state index in [1.165, 1.54) is 6.07 Å². The topological polar surface area (TPSA) is 125 Å². The van der Waals surface area contributed by atoms with Crippen LogP contribution in [-0.4, -0.2) is 27.7 Å². The zero-order chi connectivity index (χ0) is 13.8. The second-order valence-corrected chi connectivity index (χ2v) is 4.99. The Labute approximate surface area is 103 Å². The Morgan fingerprint density at radius 2 is 2.11 bits per heavy atom. The summed E-state index contributed by atoms with van der Waals surface area (Å²) in [5.74, 6) is -0.924. The Balaban J connectivity index is 2.74. The van der Waals surface area contributed by atoms with Gasteiger partial charge >= 0.3 is 6.09 Å². The lowest BCUT2D eigenvalue weighted by atomic mass is 10.3. The van der Waals surface area contributed by atoms with E-state index < -0.39 is 26.8 Å². The molecule has 0 aliphatic heterocycles. The Hall–Kier alpha value is -1.87. The van der Waals surface area contributed by atoms with Gasteiger partial charge in [0.2, 0.25) is 10.0 Å². The third kappa shape index (κ3) is 3.86. The molecule has 0 saturated carbocycles. The summed E-state index contributed by atoms with van der Waals surface area (Å²) in [4.78, 5) is 9.67. The van der Waals surface area contributed by atoms with Crippen LogP contribution in [0.2, 0.25) is 0 Å². The number of sulfonamides is 1. The van der Waals surface area contributed by atoms with Crippen molar-refractivity contribution in [2.75, 3.05) is 18.9 Å². The van der Waals surface area contributed by atoms with Crippen LogP contribution < -0.4 is 16.2 Å². The molecule has 1 aromatic carbocycles. The SMILES string of the molecule is NC(=O)OCCNS(=O)(=O)c1cc(N)ccc1F. The molecule has 0 aliphatic carbocycles. The fourth-order valence-electron chi connectivity index (χ4n) is 1.13. The van der Waals surface area contributed by atoms with Crippen LogP contribution in [0, 0.1) is 5.82 Å². The number of primary amides is 1. The molecular weight excluding hydrogens is 265 g/mol. The van der Waals surface area contributed by atoms with Gasteiger partial charge in [-0.3, -0.25) is 0 Å². The van der Waals surface area contributed by atoms with Gasteiger partial charge in [0.25, 0.3) is 0 Å². The highest BCUT2D eigenvalue weighted by molar-refractivity contribution is 7.89. The predicted octanol–water partition coefficient (Wildman–Crippen LogP) is -0.218. The van der Waals surface area contributed by atoms with E-state index in [1.54, 1.807) is 0 Å². The maximum Gasteiger partial charge on any atom is 0.404 e. The molecule has 0 aromatic heterocycles. The van der Waals surface area contributed by atoms with Gasteiger partial charge in [-0.1, -0.05) is 0 Å². The molecule has 9 heteroatoms. The van der Waals surface area contributed by atoms with Crippen molar-refractivity contribution in [1.29, 1.82) is 0 Å². The molecule has 1 aromatic rings. The molecule has 1 rings (SSSR count). The lowest BCUT2D eigenvalue weighted by Gasteiger charge is -2.08. The second-order valence-electron chi connectivity index (χ2n) is 3.26. The molecule has 0 atom stereocenters. The average Bonchev–Trinajstić information content (AvgIpc) is 2.27. The van der Waals surface area contributed by atoms with Gasteiger partial charge in [0.05, 0.1) is 0 Å². The Kier molecular flexibility index (Phi) is 4.45. The van der Waals surface area contributed by atoms with Gasteiger partial charge in [-0.2, -0.15) is 0 Å². The number of anilines is 1. The number of hydrogen-bond donors (Lipinski definition) is 3. The van der Waals surface area contributed by atoms with Crippen molar-refractivity contribution in [3.63, 3.8) is 0 Å². The van der Waals surface area contributed by atoms with Crippen molar-refractivity contribution in [1.82, 2.24) is 4.72 Å². The van der Waals surface area contributed by atoms with Crippen LogP contribution >= 0.6 is 0 Å². The molecule has 5 N–H and O–H groups in total. The van der Waals surface area contributed by atoms with Crippen molar-refractivity contribution < 1.29 is 22.3 Å². The van der Waals surface area contributed by atoms with Crippen LogP contribution in [0.4, 0.5) is 14.9 Å². The maximum atomic E-state index is 13.3. The maximum absolute atomic E-state index is 13.3. The van der Waals surface area contributed by atoms with Crippen molar-refractivity contribution in [3.05, 3.63) is 24.0 Å². The highest BCUT2D eigenvalue weighted by atomic mass is 32.2. The highest BCUT2D eigenvalue weighted by Crippen LogP contribution is 2.17. The molecule has 0 aliphatic rings. The number of nitrogen functional groups attached to an aromatic ring is 1. The number of nitrogens with one attached hydrogen (secondary N) is 1. The van der Waals surface area contributed by atoms with Gasteiger partial charge in [0, 0.05) is 12.2 Å². The minimum atomic E-state index is -4.05. The zero-order valence-corrected chi connectivity index (χ0v) is 10.0. The number of ether oxygens (including phenoxy) is 1. The summed E-state index contributed by atoms with van der Waals surface area (Å²) < 4.78 is 43.0. The first kappa shape index (κ1) is 14.2. The average molecular weight is 277 g/mol. The summed E-state index contributed by atoms with van der Waals surface area (Å²) in [7, 11) is -4.05. The number of amides is 1. The number of carbonyl (C=O) groups is 1. The van der Waals surface area contributed by atoms with Gasteiger partial charge in [0.15, 0.2) is 0 Å². The number of nitrogens with two attached hydrogens (primary N) is 2. The fourth-order valence-corrected chi connectivity index (χ4v) is 2.25. The Bertz CT molecular complexity index is 547. The van der Waals surface area contributed by atoms with Crippen molar-refractivity contribution >= 4 is 21.8 Å². The molecule has 0 radical (unpaired) electrons. The summed E-state index contributed by atoms with van der Waals surface area (Å²) >= 11 is 0. The molecule has 7 nitrogen and oxygen atoms in total. The minimum absolute atomic E-state index is 0.116. The molecule has 18 heavy (non-hydrogen) atoms. The highest BCUT2D eigenvalue weighted by Gasteiger charge is 2.18. The molecule has 100 valence electrons. The Morgan fingerprint density at radius 1 is 1.44 bits per heavy atom. The molecule has 1 amide bonds. The van der Waals surface area contributed by atoms with E-state index in [-0.39, 0.29) is 18.8 Å². The second kappa shape index (κ2) is 5.65. The number of hydrogen-bond acceptors (Lipinski definition) is 5. The smallest absolute Gasteiger partial charge is 0.404 e. The van der Waals surface area contributed by atoms with Crippen LogP contribution in [0.15, 0.2) is 23.1 Å². The first-order valence-corrected chi connectivity index (χ1v) is 6.28. The third-order valence-corrected chi connectivity index (χ3v) is 3.36. The number of benzene rings is 1. The van der Waals surface area contributed by atoms with E-state index in [1.807, 2.05) is 4.72 Å². The van der Waals surface area contributed by atoms with E-state index in [2.05, 4.69) is 10.5 Å². The number of halogens is 1. The largest absolute Gasteiger partial charge is 0.448 e. The quantitative estimate of drug-likeness (QED) is 0.507. The van der Waals surface area contributed by atoms with Crippen LogP contribution in [0.25, 0.3) is 0 Å². The first-order chi connectivity index (χ1) is 8.33. The summed E-state index contributed by atoms with van der Waals surface area (Å²) in [6, 6.07) is 3.18. The first-order valence-electron chi connectivity index (χ1n) is 4.80. The van der Waals surface area contributed by atoms with Crippen molar-refractivity contribution in [3.8, 4) is 0 Å². The van der Waals surface area contributed by atoms with Gasteiger partial charge in [-0.25, -0.2) is 22.3 Å². The van der Waals surface area contributed by atoms with Crippen LogP contribution in [0.5, 0.6) is 0 Å². The van der Waals surface area contributed by atoms with Crippen molar-refractivity contribution in [2.45, 2.75) is 4.90 Å². The molecule has 0 heterocycles. The standard InChI is InChI=1S/C9H12FN3O4S/c10-7-2-1-6(11)5-8(7)18(15,16)13-3-4-17-9(12)14/h1-2,5,13H,3-4,11H2,(H2,12,14). The predicted molar refractivity (Wildman–Crippen MR) is 61.5 cm³/mol. The lowest BCUT2D eigenvalue weighted by molar-refractivity contribution is 0.159. The summed E-state index contributed by atoms with van der Waals surface area (Å²) in [5.41, 5.74) is 10.2. The van der Waals surface area contributed by atoms with Crippen LogP contribution in [0.3, 0.4) is 0 Å². The van der Waals surface area contributed by atoms with E-state index in [9.17, 15) is 17.6 Å².